The summed E-state index contributed by atoms with van der Waals surface area (Å²) in [6, 6.07) is 17.5. The predicted octanol–water partition coefficient (Wildman–Crippen LogP) is 5.43. The molecule has 1 amide bonds. The van der Waals surface area contributed by atoms with Gasteiger partial charge in [0.15, 0.2) is 6.61 Å². The highest BCUT2D eigenvalue weighted by Crippen LogP contribution is 2.24. The molecule has 6 nitrogen and oxygen atoms in total. The monoisotopic (exact) mass is 530 g/mol. The Labute approximate surface area is 203 Å². The quantitative estimate of drug-likeness (QED) is 0.406. The second-order valence-electron chi connectivity index (χ2n) is 7.96. The van der Waals surface area contributed by atoms with Crippen molar-refractivity contribution in [1.82, 2.24) is 5.32 Å². The lowest BCUT2D eigenvalue weighted by molar-refractivity contribution is -0.123. The molecule has 0 bridgehead atoms. The first-order valence-electron chi connectivity index (χ1n) is 10.4. The summed E-state index contributed by atoms with van der Waals surface area (Å²) in [5.74, 6) is 0.185. The number of carbonyl (C=O) groups excluding carboxylic acids is 1. The number of anilines is 1. The molecule has 0 saturated carbocycles. The van der Waals surface area contributed by atoms with E-state index in [2.05, 4.69) is 26.0 Å². The van der Waals surface area contributed by atoms with Crippen LogP contribution in [0.4, 0.5) is 5.69 Å². The number of hydrogen-bond acceptors (Lipinski definition) is 4. The van der Waals surface area contributed by atoms with Crippen LogP contribution in [0.5, 0.6) is 5.75 Å². The van der Waals surface area contributed by atoms with E-state index in [4.69, 9.17) is 4.74 Å². The molecule has 0 heterocycles. The number of carbonyl (C=O) groups is 1. The fourth-order valence-corrected chi connectivity index (χ4v) is 4.63. The molecule has 0 unspecified atom stereocenters. The van der Waals surface area contributed by atoms with Crippen LogP contribution in [0.3, 0.4) is 0 Å². The van der Waals surface area contributed by atoms with Crippen LogP contribution >= 0.6 is 15.9 Å². The zero-order chi connectivity index (χ0) is 24.2. The van der Waals surface area contributed by atoms with Gasteiger partial charge in [0.1, 0.15) is 5.75 Å². The molecular weight excluding hydrogens is 504 g/mol. The maximum Gasteiger partial charge on any atom is 0.261 e. The van der Waals surface area contributed by atoms with Crippen molar-refractivity contribution in [2.75, 3.05) is 11.3 Å². The Balaban J connectivity index is 1.62. The third-order valence-electron chi connectivity index (χ3n) is 5.32. The lowest BCUT2D eigenvalue weighted by atomic mass is 10.1. The van der Waals surface area contributed by atoms with Crippen molar-refractivity contribution >= 4 is 37.5 Å². The van der Waals surface area contributed by atoms with E-state index < -0.39 is 10.0 Å². The first kappa shape index (κ1) is 24.8. The van der Waals surface area contributed by atoms with Crippen LogP contribution in [-0.4, -0.2) is 20.9 Å². The number of aryl methyl sites for hydroxylation is 3. The molecule has 3 aromatic carbocycles. The predicted molar refractivity (Wildman–Crippen MR) is 134 cm³/mol. The molecule has 0 spiro atoms. The minimum Gasteiger partial charge on any atom is -0.484 e. The Morgan fingerprint density at radius 2 is 1.64 bits per heavy atom. The number of rotatable bonds is 8. The van der Waals surface area contributed by atoms with Crippen LogP contribution in [0.1, 0.15) is 35.2 Å². The van der Waals surface area contributed by atoms with Crippen molar-refractivity contribution < 1.29 is 17.9 Å². The summed E-state index contributed by atoms with van der Waals surface area (Å²) in [7, 11) is -3.75. The van der Waals surface area contributed by atoms with Gasteiger partial charge in [-0.3, -0.25) is 9.52 Å². The van der Waals surface area contributed by atoms with Crippen LogP contribution in [0, 0.1) is 20.8 Å². The fraction of sp³-hybridized carbons (Fsp3) is 0.240. The van der Waals surface area contributed by atoms with Gasteiger partial charge in [-0.2, -0.15) is 0 Å². The van der Waals surface area contributed by atoms with Gasteiger partial charge >= 0.3 is 0 Å². The largest absolute Gasteiger partial charge is 0.484 e. The summed E-state index contributed by atoms with van der Waals surface area (Å²) in [4.78, 5) is 12.4. The van der Waals surface area contributed by atoms with E-state index in [1.807, 2.05) is 51.1 Å². The van der Waals surface area contributed by atoms with Gasteiger partial charge in [0, 0.05) is 10.2 Å². The van der Waals surface area contributed by atoms with Gasteiger partial charge in [-0.05, 0) is 92.4 Å². The zero-order valence-electron chi connectivity index (χ0n) is 19.0. The van der Waals surface area contributed by atoms with E-state index in [1.165, 1.54) is 12.1 Å². The van der Waals surface area contributed by atoms with Crippen molar-refractivity contribution in [2.45, 2.75) is 38.6 Å². The summed E-state index contributed by atoms with van der Waals surface area (Å²) in [6.45, 7) is 7.37. The second kappa shape index (κ2) is 10.4. The Morgan fingerprint density at radius 1 is 0.939 bits per heavy atom. The third-order valence-corrected chi connectivity index (χ3v) is 7.23. The first-order chi connectivity index (χ1) is 15.5. The molecule has 1 atom stereocenters. The second-order valence-corrected chi connectivity index (χ2v) is 10.6. The summed E-state index contributed by atoms with van der Waals surface area (Å²) in [5, 5.41) is 2.89. The lowest BCUT2D eigenvalue weighted by Gasteiger charge is -2.16. The first-order valence-corrected chi connectivity index (χ1v) is 12.7. The molecule has 174 valence electrons. The van der Waals surface area contributed by atoms with Gasteiger partial charge in [-0.15, -0.1) is 0 Å². The average Bonchev–Trinajstić information content (AvgIpc) is 2.75. The Kier molecular flexibility index (Phi) is 7.81. The van der Waals surface area contributed by atoms with Crippen LogP contribution < -0.4 is 14.8 Å². The van der Waals surface area contributed by atoms with Crippen LogP contribution in [0.25, 0.3) is 0 Å². The van der Waals surface area contributed by atoms with Crippen LogP contribution in [0.2, 0.25) is 0 Å². The SMILES string of the molecule is Cc1ccc(NS(=O)(=O)c2ccc(OCC(=O)N[C@@H](C)c3ccc(Br)cc3)c(C)c2)cc1C. The highest BCUT2D eigenvalue weighted by molar-refractivity contribution is 9.10. The van der Waals surface area contributed by atoms with Gasteiger partial charge < -0.3 is 10.1 Å². The van der Waals surface area contributed by atoms with E-state index in [1.54, 1.807) is 25.1 Å². The molecule has 0 aromatic heterocycles. The van der Waals surface area contributed by atoms with E-state index in [0.717, 1.165) is 21.2 Å². The maximum atomic E-state index is 12.8. The third kappa shape index (κ3) is 6.58. The molecule has 3 rings (SSSR count). The zero-order valence-corrected chi connectivity index (χ0v) is 21.4. The van der Waals surface area contributed by atoms with E-state index >= 15 is 0 Å². The van der Waals surface area contributed by atoms with E-state index in [9.17, 15) is 13.2 Å². The molecular formula is C25H27BrN2O4S. The number of amides is 1. The highest BCUT2D eigenvalue weighted by atomic mass is 79.9. The van der Waals surface area contributed by atoms with E-state index in [-0.39, 0.29) is 23.5 Å². The Morgan fingerprint density at radius 3 is 2.27 bits per heavy atom. The van der Waals surface area contributed by atoms with Crippen LogP contribution in [-0.2, 0) is 14.8 Å². The van der Waals surface area contributed by atoms with Gasteiger partial charge in [0.25, 0.3) is 15.9 Å². The van der Waals surface area contributed by atoms with Crippen molar-refractivity contribution in [3.05, 3.63) is 87.4 Å². The summed E-state index contributed by atoms with van der Waals surface area (Å²) in [6.07, 6.45) is 0. The molecule has 2 N–H and O–H groups in total. The van der Waals surface area contributed by atoms with Crippen molar-refractivity contribution in [1.29, 1.82) is 0 Å². The number of halogens is 1. The van der Waals surface area contributed by atoms with Gasteiger partial charge in [-0.25, -0.2) is 8.42 Å². The number of ether oxygens (including phenoxy) is 1. The normalized spacial score (nSPS) is 12.2. The number of hydrogen-bond donors (Lipinski definition) is 2. The summed E-state index contributed by atoms with van der Waals surface area (Å²) in [5.41, 5.74) is 4.20. The molecule has 3 aromatic rings. The van der Waals surface area contributed by atoms with Gasteiger partial charge in [-0.1, -0.05) is 34.1 Å². The molecule has 0 aliphatic rings. The molecule has 8 heteroatoms. The Bertz CT molecular complexity index is 1260. The fourth-order valence-electron chi connectivity index (χ4n) is 3.23. The molecule has 0 aliphatic carbocycles. The minimum atomic E-state index is -3.75. The highest BCUT2D eigenvalue weighted by Gasteiger charge is 2.17. The number of sulfonamides is 1. The van der Waals surface area contributed by atoms with Crippen molar-refractivity contribution in [3.63, 3.8) is 0 Å². The molecule has 33 heavy (non-hydrogen) atoms. The Hall–Kier alpha value is -2.84. The summed E-state index contributed by atoms with van der Waals surface area (Å²) >= 11 is 3.39. The van der Waals surface area contributed by atoms with E-state index in [0.29, 0.717) is 17.0 Å². The summed E-state index contributed by atoms with van der Waals surface area (Å²) < 4.78 is 34.8. The topological polar surface area (TPSA) is 84.5 Å². The standard InChI is InChI=1S/C25H27BrN2O4S/c1-16-5-10-22(13-17(16)2)28-33(30,31)23-11-12-24(18(3)14-23)32-15-25(29)27-19(4)20-6-8-21(26)9-7-20/h5-14,19,28H,15H2,1-4H3,(H,27,29)/t19-/m0/s1. The van der Waals surface area contributed by atoms with Crippen molar-refractivity contribution in [2.24, 2.45) is 0 Å². The van der Waals surface area contributed by atoms with Crippen molar-refractivity contribution in [3.8, 4) is 5.75 Å². The molecule has 0 radical (unpaired) electrons. The molecule has 0 saturated heterocycles. The van der Waals surface area contributed by atoms with Crippen LogP contribution in [0.15, 0.2) is 70.0 Å². The molecule has 0 fully saturated rings. The maximum absolute atomic E-state index is 12.8. The number of benzene rings is 3. The minimum absolute atomic E-state index is 0.124. The smallest absolute Gasteiger partial charge is 0.261 e. The lowest BCUT2D eigenvalue weighted by Crippen LogP contribution is -2.31. The molecule has 0 aliphatic heterocycles. The van der Waals surface area contributed by atoms with Gasteiger partial charge in [0.2, 0.25) is 0 Å². The average molecular weight is 531 g/mol. The number of nitrogens with one attached hydrogen (secondary N) is 2. The van der Waals surface area contributed by atoms with Gasteiger partial charge in [0.05, 0.1) is 10.9 Å².